The molecule has 7 nitrogen and oxygen atoms in total. The Hall–Kier alpha value is -5.17. The SMILES string of the molecule is CCCCc1nc2c(C)cc(-c3nc4cccc(C)c4o3)cc2n1Cc1cccc2c1ccn2-c1ccccc1C(=O)O. The molecule has 0 saturated carbocycles. The van der Waals surface area contributed by atoms with Crippen molar-refractivity contribution in [3.63, 3.8) is 0 Å². The summed E-state index contributed by atoms with van der Waals surface area (Å²) < 4.78 is 10.6. The number of imidazole rings is 1. The molecule has 0 amide bonds. The molecule has 0 bridgehead atoms. The number of aryl methyl sites for hydroxylation is 3. The predicted octanol–water partition coefficient (Wildman–Crippen LogP) is 8.49. The van der Waals surface area contributed by atoms with Crippen molar-refractivity contribution < 1.29 is 14.3 Å². The summed E-state index contributed by atoms with van der Waals surface area (Å²) in [5, 5.41) is 10.9. The third-order valence-electron chi connectivity index (χ3n) is 8.28. The van der Waals surface area contributed by atoms with Gasteiger partial charge >= 0.3 is 5.97 Å². The summed E-state index contributed by atoms with van der Waals surface area (Å²) in [6.07, 6.45) is 4.96. The third kappa shape index (κ3) is 4.57. The van der Waals surface area contributed by atoms with Crippen LogP contribution in [0.4, 0.5) is 0 Å². The van der Waals surface area contributed by atoms with Gasteiger partial charge in [0.15, 0.2) is 5.58 Å². The van der Waals surface area contributed by atoms with Gasteiger partial charge in [0, 0.05) is 23.6 Å². The molecule has 1 N–H and O–H groups in total. The Labute approximate surface area is 249 Å². The lowest BCUT2D eigenvalue weighted by molar-refractivity contribution is 0.0697. The van der Waals surface area contributed by atoms with Gasteiger partial charge in [-0.3, -0.25) is 0 Å². The largest absolute Gasteiger partial charge is 0.478 e. The lowest BCUT2D eigenvalue weighted by atomic mass is 10.1. The highest BCUT2D eigenvalue weighted by atomic mass is 16.4. The first-order valence-electron chi connectivity index (χ1n) is 14.7. The molecule has 0 aliphatic carbocycles. The maximum atomic E-state index is 12.0. The number of aromatic carboxylic acids is 1. The van der Waals surface area contributed by atoms with E-state index >= 15 is 0 Å². The molecular weight excluding hydrogens is 536 g/mol. The van der Waals surface area contributed by atoms with E-state index in [1.54, 1.807) is 12.1 Å². The molecule has 3 heterocycles. The van der Waals surface area contributed by atoms with Gasteiger partial charge in [0.25, 0.3) is 0 Å². The Balaban J connectivity index is 1.37. The van der Waals surface area contributed by atoms with Crippen LogP contribution in [0.5, 0.6) is 0 Å². The number of carboxylic acids is 1. The minimum Gasteiger partial charge on any atom is -0.478 e. The lowest BCUT2D eigenvalue weighted by Gasteiger charge is -2.13. The average Bonchev–Trinajstić information content (AvgIpc) is 3.73. The molecule has 7 heteroatoms. The molecular formula is C36H32N4O3. The average molecular weight is 569 g/mol. The first kappa shape index (κ1) is 26.7. The van der Waals surface area contributed by atoms with E-state index in [1.165, 1.54) is 0 Å². The number of rotatable bonds is 8. The van der Waals surface area contributed by atoms with Crippen LogP contribution in [0.3, 0.4) is 0 Å². The van der Waals surface area contributed by atoms with Gasteiger partial charge in [-0.05, 0) is 79.4 Å². The normalized spacial score (nSPS) is 11.7. The van der Waals surface area contributed by atoms with Crippen LogP contribution in [0.1, 0.15) is 52.6 Å². The zero-order valence-electron chi connectivity index (χ0n) is 24.5. The molecule has 4 aromatic carbocycles. The van der Waals surface area contributed by atoms with Crippen molar-refractivity contribution >= 4 is 39.0 Å². The molecule has 7 rings (SSSR count). The molecule has 0 aliphatic heterocycles. The zero-order valence-corrected chi connectivity index (χ0v) is 24.5. The van der Waals surface area contributed by atoms with E-state index in [-0.39, 0.29) is 5.56 Å². The molecule has 0 aliphatic rings. The van der Waals surface area contributed by atoms with Gasteiger partial charge in [0.1, 0.15) is 11.3 Å². The summed E-state index contributed by atoms with van der Waals surface area (Å²) in [6, 6.07) is 25.7. The second kappa shape index (κ2) is 10.6. The number of oxazole rings is 1. The summed E-state index contributed by atoms with van der Waals surface area (Å²) in [4.78, 5) is 21.9. The molecule has 214 valence electrons. The smallest absolute Gasteiger partial charge is 0.337 e. The van der Waals surface area contributed by atoms with Crippen molar-refractivity contribution in [2.24, 2.45) is 0 Å². The Morgan fingerprint density at radius 2 is 1.74 bits per heavy atom. The fourth-order valence-corrected chi connectivity index (χ4v) is 6.09. The molecule has 3 aromatic heterocycles. The number of carboxylic acid groups (broad SMARTS) is 1. The van der Waals surface area contributed by atoms with Gasteiger partial charge < -0.3 is 18.7 Å². The van der Waals surface area contributed by atoms with Crippen molar-refractivity contribution in [3.8, 4) is 17.1 Å². The first-order chi connectivity index (χ1) is 20.9. The van der Waals surface area contributed by atoms with E-state index in [9.17, 15) is 9.90 Å². The van der Waals surface area contributed by atoms with Crippen LogP contribution in [0, 0.1) is 13.8 Å². The molecule has 0 radical (unpaired) electrons. The Morgan fingerprint density at radius 1 is 0.907 bits per heavy atom. The Kier molecular flexibility index (Phi) is 6.58. The number of carbonyl (C=O) groups is 1. The number of benzene rings is 4. The molecule has 0 spiro atoms. The number of unbranched alkanes of at least 4 members (excludes halogenated alkanes) is 1. The summed E-state index contributed by atoms with van der Waals surface area (Å²) in [5.74, 6) is 0.714. The Morgan fingerprint density at radius 3 is 2.56 bits per heavy atom. The van der Waals surface area contributed by atoms with E-state index in [4.69, 9.17) is 14.4 Å². The van der Waals surface area contributed by atoms with Crippen molar-refractivity contribution in [3.05, 3.63) is 113 Å². The van der Waals surface area contributed by atoms with Gasteiger partial charge in [-0.15, -0.1) is 0 Å². The van der Waals surface area contributed by atoms with Crippen LogP contribution in [0.2, 0.25) is 0 Å². The topological polar surface area (TPSA) is 86.1 Å². The summed E-state index contributed by atoms with van der Waals surface area (Å²) in [7, 11) is 0. The van der Waals surface area contributed by atoms with E-state index in [0.29, 0.717) is 18.1 Å². The van der Waals surface area contributed by atoms with Gasteiger partial charge in [0.2, 0.25) is 5.89 Å². The van der Waals surface area contributed by atoms with E-state index in [1.807, 2.05) is 60.2 Å². The number of fused-ring (bicyclic) bond motifs is 3. The fraction of sp³-hybridized carbons (Fsp3) is 0.194. The lowest BCUT2D eigenvalue weighted by Crippen LogP contribution is -2.06. The van der Waals surface area contributed by atoms with Gasteiger partial charge in [0.05, 0.1) is 34.3 Å². The van der Waals surface area contributed by atoms with Crippen molar-refractivity contribution in [2.75, 3.05) is 0 Å². The molecule has 7 aromatic rings. The first-order valence-corrected chi connectivity index (χ1v) is 14.7. The second-order valence-corrected chi connectivity index (χ2v) is 11.2. The second-order valence-electron chi connectivity index (χ2n) is 11.2. The van der Waals surface area contributed by atoms with Crippen LogP contribution in [0.25, 0.3) is 50.2 Å². The third-order valence-corrected chi connectivity index (χ3v) is 8.28. The highest BCUT2D eigenvalue weighted by Crippen LogP contribution is 2.33. The standard InChI is InChI=1S/C36H32N4O3/c1-4-5-16-32-38-33-23(3)19-25(35-37-28-13-8-10-22(2)34(28)43-35)20-31(33)40(32)21-24-11-9-15-29-26(24)17-18-39(29)30-14-7-6-12-27(30)36(41)42/h6-15,17-20H,4-5,16,21H2,1-3H3,(H,41,42). The zero-order chi connectivity index (χ0) is 29.7. The highest BCUT2D eigenvalue weighted by Gasteiger charge is 2.19. The number of hydrogen-bond acceptors (Lipinski definition) is 4. The van der Waals surface area contributed by atoms with E-state index in [2.05, 4.69) is 42.7 Å². The number of para-hydroxylation sites is 2. The van der Waals surface area contributed by atoms with Crippen molar-refractivity contribution in [1.82, 2.24) is 19.1 Å². The van der Waals surface area contributed by atoms with Gasteiger partial charge in [-0.2, -0.15) is 0 Å². The molecule has 0 atom stereocenters. The summed E-state index contributed by atoms with van der Waals surface area (Å²) in [5.41, 5.74) is 9.79. The molecule has 0 saturated heterocycles. The van der Waals surface area contributed by atoms with E-state index < -0.39 is 5.97 Å². The van der Waals surface area contributed by atoms with Crippen LogP contribution in [-0.2, 0) is 13.0 Å². The van der Waals surface area contributed by atoms with Crippen LogP contribution >= 0.6 is 0 Å². The van der Waals surface area contributed by atoms with Crippen molar-refractivity contribution in [2.45, 2.75) is 46.6 Å². The maximum Gasteiger partial charge on any atom is 0.337 e. The fourth-order valence-electron chi connectivity index (χ4n) is 6.09. The minimum atomic E-state index is -0.945. The van der Waals surface area contributed by atoms with Crippen LogP contribution < -0.4 is 0 Å². The maximum absolute atomic E-state index is 12.0. The number of hydrogen-bond donors (Lipinski definition) is 1. The molecule has 0 unspecified atom stereocenters. The highest BCUT2D eigenvalue weighted by molar-refractivity contribution is 5.94. The van der Waals surface area contributed by atoms with Gasteiger partial charge in [-0.25, -0.2) is 14.8 Å². The number of aromatic nitrogens is 4. The summed E-state index contributed by atoms with van der Waals surface area (Å²) >= 11 is 0. The molecule has 43 heavy (non-hydrogen) atoms. The van der Waals surface area contributed by atoms with Crippen LogP contribution in [-0.4, -0.2) is 30.2 Å². The van der Waals surface area contributed by atoms with E-state index in [0.717, 1.165) is 80.4 Å². The summed E-state index contributed by atoms with van der Waals surface area (Å²) in [6.45, 7) is 6.97. The number of nitrogens with zero attached hydrogens (tertiary/aromatic N) is 4. The quantitative estimate of drug-likeness (QED) is 0.199. The van der Waals surface area contributed by atoms with Crippen LogP contribution in [0.15, 0.2) is 89.5 Å². The van der Waals surface area contributed by atoms with Crippen molar-refractivity contribution in [1.29, 1.82) is 0 Å². The minimum absolute atomic E-state index is 0.269. The molecule has 0 fully saturated rings. The predicted molar refractivity (Wildman–Crippen MR) is 170 cm³/mol. The monoisotopic (exact) mass is 568 g/mol. The van der Waals surface area contributed by atoms with Gasteiger partial charge in [-0.1, -0.05) is 49.7 Å². The Bertz CT molecular complexity index is 2160.